The molecule has 0 saturated carbocycles. The molecule has 0 aliphatic carbocycles. The molecule has 8 nitrogen and oxygen atoms in total. The molecule has 146 valence electrons. The number of phenols is 1. The Labute approximate surface area is 170 Å². The molecule has 0 fully saturated rings. The van der Waals surface area contributed by atoms with Crippen molar-refractivity contribution in [2.24, 2.45) is 0 Å². The monoisotopic (exact) mass is 406 g/mol. The summed E-state index contributed by atoms with van der Waals surface area (Å²) >= 11 is 1.34. The Kier molecular flexibility index (Phi) is 4.81. The Balaban J connectivity index is 1.71. The van der Waals surface area contributed by atoms with Crippen molar-refractivity contribution in [3.63, 3.8) is 0 Å². The molecular weight excluding hydrogens is 388 g/mol. The van der Waals surface area contributed by atoms with Gasteiger partial charge in [0.2, 0.25) is 5.91 Å². The molecule has 0 aliphatic heterocycles. The number of H-pyrrole nitrogens is 1. The van der Waals surface area contributed by atoms with Crippen molar-refractivity contribution in [1.82, 2.24) is 20.2 Å². The molecule has 4 rings (SSSR count). The fraction of sp³-hybridized carbons (Fsp3) is 0.100. The molecule has 0 bridgehead atoms. The van der Waals surface area contributed by atoms with Crippen LogP contribution < -0.4 is 11.1 Å². The lowest BCUT2D eigenvalue weighted by molar-refractivity contribution is -0.114. The summed E-state index contributed by atoms with van der Waals surface area (Å²) < 4.78 is 0. The third kappa shape index (κ3) is 3.99. The van der Waals surface area contributed by atoms with E-state index in [4.69, 9.17) is 5.73 Å². The predicted octanol–water partition coefficient (Wildman–Crippen LogP) is 3.73. The normalized spacial score (nSPS) is 11.0. The number of nitrogens with two attached hydrogens (primary N) is 1. The van der Waals surface area contributed by atoms with Gasteiger partial charge in [-0.2, -0.15) is 5.10 Å². The van der Waals surface area contributed by atoms with Crippen molar-refractivity contribution in [3.05, 3.63) is 48.2 Å². The van der Waals surface area contributed by atoms with Gasteiger partial charge in [-0.25, -0.2) is 9.97 Å². The minimum Gasteiger partial charge on any atom is -0.508 e. The van der Waals surface area contributed by atoms with E-state index in [0.29, 0.717) is 38.8 Å². The number of hydrogen-bond donors (Lipinski definition) is 4. The van der Waals surface area contributed by atoms with Gasteiger partial charge in [0, 0.05) is 34.8 Å². The molecule has 1 amide bonds. The van der Waals surface area contributed by atoms with Crippen molar-refractivity contribution in [2.45, 2.75) is 23.9 Å². The van der Waals surface area contributed by atoms with Crippen LogP contribution in [0.15, 0.2) is 52.5 Å². The van der Waals surface area contributed by atoms with E-state index < -0.39 is 0 Å². The number of nitrogens with zero attached hydrogens (tertiary/aromatic N) is 3. The molecule has 0 unspecified atom stereocenters. The zero-order chi connectivity index (χ0) is 20.5. The number of aryl methyl sites for hydroxylation is 1. The highest BCUT2D eigenvalue weighted by Crippen LogP contribution is 2.36. The van der Waals surface area contributed by atoms with Crippen LogP contribution in [-0.2, 0) is 4.79 Å². The quantitative estimate of drug-likeness (QED) is 0.380. The first-order chi connectivity index (χ1) is 13.9. The van der Waals surface area contributed by atoms with Crippen LogP contribution in [0, 0.1) is 6.92 Å². The zero-order valence-corrected chi connectivity index (χ0v) is 16.5. The summed E-state index contributed by atoms with van der Waals surface area (Å²) in [5.41, 5.74) is 9.72. The fourth-order valence-corrected chi connectivity index (χ4v) is 3.75. The lowest BCUT2D eigenvalue weighted by Crippen LogP contribution is -2.05. The summed E-state index contributed by atoms with van der Waals surface area (Å²) in [6, 6.07) is 12.4. The molecule has 2 aromatic heterocycles. The van der Waals surface area contributed by atoms with E-state index in [9.17, 15) is 9.90 Å². The van der Waals surface area contributed by atoms with E-state index in [1.807, 2.05) is 25.1 Å². The molecule has 9 heteroatoms. The molecule has 0 aliphatic rings. The third-order valence-electron chi connectivity index (χ3n) is 4.16. The molecule has 4 aromatic rings. The molecule has 2 heterocycles. The van der Waals surface area contributed by atoms with Crippen LogP contribution in [0.4, 0.5) is 11.5 Å². The first kappa shape index (κ1) is 18.8. The van der Waals surface area contributed by atoms with E-state index >= 15 is 0 Å². The minimum absolute atomic E-state index is 0.0712. The standard InChI is InChI=1S/C20H18N6O2S/c1-10-7-16(26-25-10)15-8-13(28)9-17-18(15)19(21)24-20(23-17)29-14-5-3-12(4-6-14)22-11(2)27/h3-9,28H,1-2H3,(H,22,27)(H,25,26)(H2,21,23,24). The van der Waals surface area contributed by atoms with Crippen molar-refractivity contribution in [2.75, 3.05) is 11.1 Å². The van der Waals surface area contributed by atoms with E-state index in [1.165, 1.54) is 18.7 Å². The van der Waals surface area contributed by atoms with Crippen molar-refractivity contribution >= 4 is 40.1 Å². The van der Waals surface area contributed by atoms with Crippen molar-refractivity contribution in [3.8, 4) is 17.0 Å². The number of aromatic hydroxyl groups is 1. The average molecular weight is 406 g/mol. The molecule has 0 atom stereocenters. The number of nitrogen functional groups attached to an aromatic ring is 1. The highest BCUT2D eigenvalue weighted by molar-refractivity contribution is 7.99. The summed E-state index contributed by atoms with van der Waals surface area (Å²) in [4.78, 5) is 21.0. The second kappa shape index (κ2) is 7.44. The number of fused-ring (bicyclic) bond motifs is 1. The number of carbonyl (C=O) groups excluding carboxylic acids is 1. The Bertz CT molecular complexity index is 1220. The van der Waals surface area contributed by atoms with Gasteiger partial charge in [0.1, 0.15) is 11.6 Å². The Morgan fingerprint density at radius 1 is 1.17 bits per heavy atom. The van der Waals surface area contributed by atoms with Crippen LogP contribution in [0.5, 0.6) is 5.75 Å². The fourth-order valence-electron chi connectivity index (χ4n) is 2.97. The number of rotatable bonds is 4. The number of hydrogen-bond acceptors (Lipinski definition) is 7. The number of carbonyl (C=O) groups is 1. The lowest BCUT2D eigenvalue weighted by atomic mass is 10.1. The van der Waals surface area contributed by atoms with Crippen LogP contribution >= 0.6 is 11.8 Å². The van der Waals surface area contributed by atoms with Crippen molar-refractivity contribution < 1.29 is 9.90 Å². The predicted molar refractivity (Wildman–Crippen MR) is 113 cm³/mol. The number of nitrogens with one attached hydrogen (secondary N) is 2. The second-order valence-corrected chi connectivity index (χ2v) is 7.56. The van der Waals surface area contributed by atoms with Crippen molar-refractivity contribution in [1.29, 1.82) is 0 Å². The van der Waals surface area contributed by atoms with Gasteiger partial charge in [0.05, 0.1) is 16.6 Å². The van der Waals surface area contributed by atoms with Crippen LogP contribution in [0.2, 0.25) is 0 Å². The van der Waals surface area contributed by atoms with Gasteiger partial charge in [0.15, 0.2) is 5.16 Å². The number of aromatic nitrogens is 4. The minimum atomic E-state index is -0.126. The van der Waals surface area contributed by atoms with Gasteiger partial charge in [0.25, 0.3) is 0 Å². The zero-order valence-electron chi connectivity index (χ0n) is 15.7. The lowest BCUT2D eigenvalue weighted by Gasteiger charge is -2.10. The molecule has 5 N–H and O–H groups in total. The van der Waals surface area contributed by atoms with Crippen LogP contribution in [0.25, 0.3) is 22.2 Å². The van der Waals surface area contributed by atoms with Crippen LogP contribution in [-0.4, -0.2) is 31.2 Å². The van der Waals surface area contributed by atoms with E-state index in [1.54, 1.807) is 24.3 Å². The molecule has 29 heavy (non-hydrogen) atoms. The molecule has 0 spiro atoms. The van der Waals surface area contributed by atoms with E-state index in [-0.39, 0.29) is 11.7 Å². The first-order valence-electron chi connectivity index (χ1n) is 8.77. The molecular formula is C20H18N6O2S. The highest BCUT2D eigenvalue weighted by Gasteiger charge is 2.15. The number of benzene rings is 2. The SMILES string of the molecule is CC(=O)Nc1ccc(Sc2nc(N)c3c(-c4cc(C)[nH]n4)cc(O)cc3n2)cc1. The number of amides is 1. The third-order valence-corrected chi connectivity index (χ3v) is 5.03. The maximum atomic E-state index is 11.1. The van der Waals surface area contributed by atoms with Gasteiger partial charge in [-0.1, -0.05) is 0 Å². The summed E-state index contributed by atoms with van der Waals surface area (Å²) in [5.74, 6) is 0.253. The van der Waals surface area contributed by atoms with Gasteiger partial charge in [-0.3, -0.25) is 9.89 Å². The maximum Gasteiger partial charge on any atom is 0.221 e. The van der Waals surface area contributed by atoms with Gasteiger partial charge in [-0.05, 0) is 55.1 Å². The van der Waals surface area contributed by atoms with Crippen LogP contribution in [0.1, 0.15) is 12.6 Å². The van der Waals surface area contributed by atoms with Crippen LogP contribution in [0.3, 0.4) is 0 Å². The Morgan fingerprint density at radius 3 is 2.59 bits per heavy atom. The van der Waals surface area contributed by atoms with E-state index in [0.717, 1.165) is 10.6 Å². The number of phenolic OH excluding ortho intramolecular Hbond substituents is 1. The van der Waals surface area contributed by atoms with Gasteiger partial charge < -0.3 is 16.2 Å². The number of anilines is 2. The van der Waals surface area contributed by atoms with E-state index in [2.05, 4.69) is 25.5 Å². The number of aromatic amines is 1. The van der Waals surface area contributed by atoms with Gasteiger partial charge >= 0.3 is 0 Å². The first-order valence-corrected chi connectivity index (χ1v) is 9.59. The topological polar surface area (TPSA) is 130 Å². The molecule has 2 aromatic carbocycles. The maximum absolute atomic E-state index is 11.1. The largest absolute Gasteiger partial charge is 0.508 e. The molecule has 0 radical (unpaired) electrons. The Hall–Kier alpha value is -3.59. The summed E-state index contributed by atoms with van der Waals surface area (Å²) in [7, 11) is 0. The smallest absolute Gasteiger partial charge is 0.221 e. The Morgan fingerprint density at radius 2 is 1.93 bits per heavy atom. The summed E-state index contributed by atoms with van der Waals surface area (Å²) in [5, 5.41) is 21.1. The highest BCUT2D eigenvalue weighted by atomic mass is 32.2. The average Bonchev–Trinajstić information content (AvgIpc) is 3.08. The summed E-state index contributed by atoms with van der Waals surface area (Å²) in [6.45, 7) is 3.36. The van der Waals surface area contributed by atoms with Gasteiger partial charge in [-0.15, -0.1) is 0 Å². The summed E-state index contributed by atoms with van der Waals surface area (Å²) in [6.07, 6.45) is 0. The molecule has 0 saturated heterocycles. The second-order valence-electron chi connectivity index (χ2n) is 6.52.